The van der Waals surface area contributed by atoms with Gasteiger partial charge >= 0.3 is 5.97 Å². The molecule has 3 nitrogen and oxygen atoms in total. The summed E-state index contributed by atoms with van der Waals surface area (Å²) >= 11 is 1.70. The molecule has 0 N–H and O–H groups in total. The molecule has 2 radical (unpaired) electrons. The van der Waals surface area contributed by atoms with Crippen molar-refractivity contribution in [3.63, 3.8) is 0 Å². The number of methoxy groups -OCH3 is 1. The lowest BCUT2D eigenvalue weighted by atomic mass is 9.87. The van der Waals surface area contributed by atoms with E-state index in [0.29, 0.717) is 11.0 Å². The molecule has 3 rings (SSSR count). The minimum Gasteiger partial charge on any atom is -0.465 e. The molecule has 1 aromatic carbocycles. The van der Waals surface area contributed by atoms with Crippen molar-refractivity contribution in [3.8, 4) is 10.4 Å². The highest BCUT2D eigenvalue weighted by molar-refractivity contribution is 7.13. The maximum atomic E-state index is 11.8. The number of carbonyl (C=O) groups excluding carboxylic acids is 1. The number of carbonyl (C=O) groups is 1. The van der Waals surface area contributed by atoms with Crippen molar-refractivity contribution >= 4 is 36.3 Å². The number of rotatable bonds is 1. The van der Waals surface area contributed by atoms with Crippen LogP contribution in [0.1, 0.15) is 15.9 Å². The van der Waals surface area contributed by atoms with E-state index in [1.807, 2.05) is 19.2 Å². The second-order valence-corrected chi connectivity index (χ2v) is 5.81. The first-order valence-corrected chi connectivity index (χ1v) is 7.29. The molecule has 100 valence electrons. The number of hydrogen-bond donors (Lipinski definition) is 0. The van der Waals surface area contributed by atoms with E-state index in [-0.39, 0.29) is 0 Å². The van der Waals surface area contributed by atoms with E-state index in [1.165, 1.54) is 17.6 Å². The molecule has 0 fully saturated rings. The third-order valence-corrected chi connectivity index (χ3v) is 4.68. The van der Waals surface area contributed by atoms with Crippen LogP contribution in [0.4, 0.5) is 5.69 Å². The average Bonchev–Trinajstić information content (AvgIpc) is 2.87. The van der Waals surface area contributed by atoms with Crippen LogP contribution in [0.25, 0.3) is 10.4 Å². The third-order valence-electron chi connectivity index (χ3n) is 3.69. The zero-order valence-corrected chi connectivity index (χ0v) is 12.3. The molecular formula is C15H14BNO2S. The van der Waals surface area contributed by atoms with E-state index in [2.05, 4.69) is 16.3 Å². The van der Waals surface area contributed by atoms with Crippen LogP contribution < -0.4 is 10.4 Å². The highest BCUT2D eigenvalue weighted by Gasteiger charge is 2.21. The molecule has 20 heavy (non-hydrogen) atoms. The van der Waals surface area contributed by atoms with Crippen molar-refractivity contribution in [1.29, 1.82) is 0 Å². The summed E-state index contributed by atoms with van der Waals surface area (Å²) in [7, 11) is 9.42. The van der Waals surface area contributed by atoms with Gasteiger partial charge in [0.05, 0.1) is 12.7 Å². The summed E-state index contributed by atoms with van der Waals surface area (Å²) in [5.74, 6) is -0.393. The molecule has 0 aliphatic carbocycles. The molecule has 2 aromatic rings. The molecule has 0 saturated carbocycles. The fourth-order valence-electron chi connectivity index (χ4n) is 2.57. The molecule has 0 amide bonds. The summed E-state index contributed by atoms with van der Waals surface area (Å²) in [5, 5.41) is 2.09. The predicted octanol–water partition coefficient (Wildman–Crippen LogP) is 1.99. The minimum atomic E-state index is -0.393. The van der Waals surface area contributed by atoms with Crippen LogP contribution in [0.5, 0.6) is 0 Å². The number of benzene rings is 1. The van der Waals surface area contributed by atoms with Crippen molar-refractivity contribution in [3.05, 3.63) is 34.7 Å². The summed E-state index contributed by atoms with van der Waals surface area (Å²) in [4.78, 5) is 15.2. The Morgan fingerprint density at radius 3 is 3.00 bits per heavy atom. The fraction of sp³-hybridized carbons (Fsp3) is 0.267. The Morgan fingerprint density at radius 2 is 2.25 bits per heavy atom. The molecule has 2 heterocycles. The first-order valence-electron chi connectivity index (χ1n) is 6.41. The molecule has 0 bridgehead atoms. The van der Waals surface area contributed by atoms with E-state index in [4.69, 9.17) is 12.6 Å². The first kappa shape index (κ1) is 13.2. The second-order valence-electron chi connectivity index (χ2n) is 4.89. The Balaban J connectivity index is 2.25. The monoisotopic (exact) mass is 283 g/mol. The summed E-state index contributed by atoms with van der Waals surface area (Å²) in [6.45, 7) is 0.938. The number of hydrogen-bond acceptors (Lipinski definition) is 4. The van der Waals surface area contributed by atoms with E-state index in [0.717, 1.165) is 24.2 Å². The Bertz CT molecular complexity index is 681. The van der Waals surface area contributed by atoms with Crippen LogP contribution in [-0.4, -0.2) is 34.5 Å². The van der Waals surface area contributed by atoms with Crippen molar-refractivity contribution in [2.75, 3.05) is 25.6 Å². The van der Waals surface area contributed by atoms with E-state index >= 15 is 0 Å². The molecule has 1 aromatic heterocycles. The van der Waals surface area contributed by atoms with Gasteiger partial charge in [0.2, 0.25) is 0 Å². The van der Waals surface area contributed by atoms with Crippen LogP contribution in [0.2, 0.25) is 0 Å². The number of nitrogens with zero attached hydrogens (tertiary/aromatic N) is 1. The fourth-order valence-corrected chi connectivity index (χ4v) is 3.55. The van der Waals surface area contributed by atoms with Gasteiger partial charge in [-0.2, -0.15) is 0 Å². The highest BCUT2D eigenvalue weighted by atomic mass is 32.1. The second kappa shape index (κ2) is 4.98. The van der Waals surface area contributed by atoms with Gasteiger partial charge in [-0.25, -0.2) is 4.79 Å². The van der Waals surface area contributed by atoms with Crippen molar-refractivity contribution in [2.45, 2.75) is 6.42 Å². The Kier molecular flexibility index (Phi) is 3.30. The van der Waals surface area contributed by atoms with Gasteiger partial charge in [0.1, 0.15) is 7.85 Å². The molecule has 0 saturated heterocycles. The van der Waals surface area contributed by atoms with Crippen molar-refractivity contribution in [2.24, 2.45) is 0 Å². The number of ether oxygens (including phenoxy) is 1. The molecular weight excluding hydrogens is 269 g/mol. The van der Waals surface area contributed by atoms with Gasteiger partial charge in [-0.15, -0.1) is 11.3 Å². The lowest BCUT2D eigenvalue weighted by Crippen LogP contribution is -2.23. The maximum Gasteiger partial charge on any atom is 0.337 e. The van der Waals surface area contributed by atoms with Gasteiger partial charge in [-0.05, 0) is 35.6 Å². The average molecular weight is 283 g/mol. The van der Waals surface area contributed by atoms with Gasteiger partial charge in [0.15, 0.2) is 0 Å². The Labute approximate surface area is 123 Å². The van der Waals surface area contributed by atoms with Crippen LogP contribution in [0.3, 0.4) is 0 Å². The molecule has 5 heteroatoms. The lowest BCUT2D eigenvalue weighted by molar-refractivity contribution is 0.0602. The first-order chi connectivity index (χ1) is 9.61. The number of esters is 1. The quantitative estimate of drug-likeness (QED) is 0.592. The Hall–Kier alpha value is -1.75. The van der Waals surface area contributed by atoms with E-state index in [1.54, 1.807) is 11.3 Å². The standard InChI is InChI=1S/C15H14BNO2S/c1-17-5-3-9-4-6-20-14(9)11-7-10(15(18)19-2)12(16)8-13(11)17/h4,6-8H,3,5H2,1-2H3. The van der Waals surface area contributed by atoms with Gasteiger partial charge in [0.25, 0.3) is 0 Å². The van der Waals surface area contributed by atoms with Crippen LogP contribution in [-0.2, 0) is 11.2 Å². The predicted molar refractivity (Wildman–Crippen MR) is 83.5 cm³/mol. The SMILES string of the molecule is [B]c1cc2c(cc1C(=O)OC)-c1sccc1CCN2C. The van der Waals surface area contributed by atoms with E-state index in [9.17, 15) is 4.79 Å². The van der Waals surface area contributed by atoms with Gasteiger partial charge in [-0.3, -0.25) is 0 Å². The van der Waals surface area contributed by atoms with E-state index < -0.39 is 5.97 Å². The van der Waals surface area contributed by atoms with Crippen molar-refractivity contribution < 1.29 is 9.53 Å². The molecule has 1 aliphatic heterocycles. The maximum absolute atomic E-state index is 11.8. The summed E-state index contributed by atoms with van der Waals surface area (Å²) in [6.07, 6.45) is 0.997. The molecule has 0 spiro atoms. The summed E-state index contributed by atoms with van der Waals surface area (Å²) in [6, 6.07) is 5.88. The smallest absolute Gasteiger partial charge is 0.337 e. The third kappa shape index (κ3) is 2.02. The highest BCUT2D eigenvalue weighted by Crippen LogP contribution is 2.39. The normalized spacial score (nSPS) is 13.4. The molecule has 1 aliphatic rings. The number of likely N-dealkylation sites (N-methyl/N-ethyl adjacent to an activating group) is 1. The zero-order chi connectivity index (χ0) is 14.3. The van der Waals surface area contributed by atoms with Crippen molar-refractivity contribution in [1.82, 2.24) is 0 Å². The van der Waals surface area contributed by atoms with Gasteiger partial charge in [0, 0.05) is 29.7 Å². The van der Waals surface area contributed by atoms with Gasteiger partial charge < -0.3 is 9.64 Å². The molecule has 0 atom stereocenters. The van der Waals surface area contributed by atoms with Crippen LogP contribution >= 0.6 is 11.3 Å². The number of fused-ring (bicyclic) bond motifs is 3. The number of thiophene rings is 1. The lowest BCUT2D eigenvalue weighted by Gasteiger charge is -2.21. The zero-order valence-electron chi connectivity index (χ0n) is 11.5. The Morgan fingerprint density at radius 1 is 1.45 bits per heavy atom. The summed E-state index contributed by atoms with van der Waals surface area (Å²) < 4.78 is 4.81. The van der Waals surface area contributed by atoms with Crippen LogP contribution in [0, 0.1) is 0 Å². The topological polar surface area (TPSA) is 29.5 Å². The van der Waals surface area contributed by atoms with Crippen LogP contribution in [0.15, 0.2) is 23.6 Å². The van der Waals surface area contributed by atoms with Gasteiger partial charge in [-0.1, -0.05) is 5.46 Å². The number of anilines is 1. The summed E-state index contributed by atoms with van der Waals surface area (Å²) in [5.41, 5.74) is 4.34. The largest absolute Gasteiger partial charge is 0.465 e. The molecule has 0 unspecified atom stereocenters. The minimum absolute atomic E-state index is 0.393.